The molecule has 0 amide bonds. The summed E-state index contributed by atoms with van der Waals surface area (Å²) in [4.78, 5) is 12.9. The fourth-order valence-electron chi connectivity index (χ4n) is 3.64. The highest BCUT2D eigenvalue weighted by molar-refractivity contribution is 7.84. The summed E-state index contributed by atoms with van der Waals surface area (Å²) in [6.07, 6.45) is 4.25. The van der Waals surface area contributed by atoms with E-state index in [4.69, 9.17) is 9.88 Å². The second-order valence-electron chi connectivity index (χ2n) is 6.89. The van der Waals surface area contributed by atoms with E-state index in [0.717, 1.165) is 5.56 Å². The average molecular weight is 401 g/mol. The van der Waals surface area contributed by atoms with E-state index in [0.29, 0.717) is 37.0 Å². The van der Waals surface area contributed by atoms with Crippen molar-refractivity contribution in [3.8, 4) is 5.75 Å². The number of rotatable bonds is 5. The number of ether oxygens (including phenoxy) is 1. The van der Waals surface area contributed by atoms with Crippen molar-refractivity contribution in [1.82, 2.24) is 0 Å². The molecule has 0 heterocycles. The molecule has 1 aliphatic carbocycles. The van der Waals surface area contributed by atoms with Gasteiger partial charge in [-0.3, -0.25) is 0 Å². The normalized spacial score (nSPS) is 19.7. The maximum absolute atomic E-state index is 12.9. The van der Waals surface area contributed by atoms with Gasteiger partial charge < -0.3 is 8.92 Å². The summed E-state index contributed by atoms with van der Waals surface area (Å²) in [5.74, 6) is -0.257. The van der Waals surface area contributed by atoms with E-state index in [1.165, 1.54) is 12.7 Å². The Bertz CT molecular complexity index is 973. The molecule has 7 heteroatoms. The summed E-state index contributed by atoms with van der Waals surface area (Å²) in [5.41, 5.74) is 1.88. The van der Waals surface area contributed by atoms with E-state index in [-0.39, 0.29) is 0 Å². The van der Waals surface area contributed by atoms with Crippen LogP contribution in [0.25, 0.3) is 6.08 Å². The van der Waals surface area contributed by atoms with Crippen molar-refractivity contribution in [3.05, 3.63) is 71.3 Å². The first kappa shape index (κ1) is 20.1. The van der Waals surface area contributed by atoms with Crippen molar-refractivity contribution >= 4 is 22.3 Å². The Morgan fingerprint density at radius 1 is 1.07 bits per heavy atom. The molecule has 148 valence electrons. The standard InChI is InChI=1S/C21H23NO5S/c1-26-19-9-5-8-18(15-19)21(20(23)27-28(22,24)25)12-10-17(11-13-21)14-16-6-3-2-4-7-16/h2-9,14-15H,10-13H2,1H3,(H2,22,24,25). The molecule has 0 radical (unpaired) electrons. The molecule has 2 N–H and O–H groups in total. The van der Waals surface area contributed by atoms with E-state index < -0.39 is 21.7 Å². The lowest BCUT2D eigenvalue weighted by molar-refractivity contribution is -0.141. The Balaban J connectivity index is 1.92. The molecule has 2 aromatic rings. The first-order chi connectivity index (χ1) is 13.3. The molecule has 0 spiro atoms. The van der Waals surface area contributed by atoms with Gasteiger partial charge in [-0.15, -0.1) is 0 Å². The minimum absolute atomic E-state index is 0.424. The van der Waals surface area contributed by atoms with Crippen LogP contribution in [-0.2, 0) is 24.7 Å². The fourth-order valence-corrected chi connectivity index (χ4v) is 4.01. The highest BCUT2D eigenvalue weighted by Gasteiger charge is 2.45. The van der Waals surface area contributed by atoms with Gasteiger partial charge in [0.2, 0.25) is 0 Å². The van der Waals surface area contributed by atoms with Crippen molar-refractivity contribution in [3.63, 3.8) is 0 Å². The van der Waals surface area contributed by atoms with Crippen LogP contribution in [0.4, 0.5) is 0 Å². The second-order valence-corrected chi connectivity index (χ2v) is 8.04. The van der Waals surface area contributed by atoms with Crippen LogP contribution in [0.2, 0.25) is 0 Å². The van der Waals surface area contributed by atoms with Crippen LogP contribution in [-0.4, -0.2) is 21.5 Å². The van der Waals surface area contributed by atoms with Crippen molar-refractivity contribution in [2.75, 3.05) is 7.11 Å². The van der Waals surface area contributed by atoms with Gasteiger partial charge in [-0.05, 0) is 48.9 Å². The molecule has 28 heavy (non-hydrogen) atoms. The molecule has 0 bridgehead atoms. The van der Waals surface area contributed by atoms with Gasteiger partial charge in [-0.1, -0.05) is 54.1 Å². The first-order valence-electron chi connectivity index (χ1n) is 8.98. The molecule has 1 aliphatic rings. The Morgan fingerprint density at radius 3 is 2.36 bits per heavy atom. The molecular formula is C21H23NO5S. The Morgan fingerprint density at radius 2 is 1.75 bits per heavy atom. The van der Waals surface area contributed by atoms with Crippen LogP contribution in [0.15, 0.2) is 60.2 Å². The summed E-state index contributed by atoms with van der Waals surface area (Å²) in [5, 5.41) is 4.96. The molecule has 2 aromatic carbocycles. The smallest absolute Gasteiger partial charge is 0.382 e. The average Bonchev–Trinajstić information content (AvgIpc) is 2.68. The zero-order valence-electron chi connectivity index (χ0n) is 15.6. The van der Waals surface area contributed by atoms with Crippen LogP contribution in [0.3, 0.4) is 0 Å². The van der Waals surface area contributed by atoms with Crippen LogP contribution in [0.5, 0.6) is 5.75 Å². The molecule has 0 atom stereocenters. The van der Waals surface area contributed by atoms with E-state index in [1.807, 2.05) is 30.3 Å². The van der Waals surface area contributed by atoms with Gasteiger partial charge in [0.15, 0.2) is 0 Å². The van der Waals surface area contributed by atoms with Crippen LogP contribution >= 0.6 is 0 Å². The minimum atomic E-state index is -4.39. The summed E-state index contributed by atoms with van der Waals surface area (Å²) in [6.45, 7) is 0. The van der Waals surface area contributed by atoms with E-state index in [2.05, 4.69) is 10.3 Å². The molecule has 0 aromatic heterocycles. The van der Waals surface area contributed by atoms with Gasteiger partial charge in [0.05, 0.1) is 12.5 Å². The summed E-state index contributed by atoms with van der Waals surface area (Å²) in [6, 6.07) is 17.0. The van der Waals surface area contributed by atoms with E-state index in [1.54, 1.807) is 24.3 Å². The van der Waals surface area contributed by atoms with Crippen molar-refractivity contribution in [2.24, 2.45) is 5.14 Å². The number of hydrogen-bond acceptors (Lipinski definition) is 5. The predicted molar refractivity (Wildman–Crippen MR) is 107 cm³/mol. The minimum Gasteiger partial charge on any atom is -0.497 e. The summed E-state index contributed by atoms with van der Waals surface area (Å²) < 4.78 is 32.6. The predicted octanol–water partition coefficient (Wildman–Crippen LogP) is 3.34. The summed E-state index contributed by atoms with van der Waals surface area (Å²) >= 11 is 0. The molecule has 6 nitrogen and oxygen atoms in total. The zero-order chi connectivity index (χ0) is 20.2. The van der Waals surface area contributed by atoms with Crippen LogP contribution in [0, 0.1) is 0 Å². The van der Waals surface area contributed by atoms with Crippen LogP contribution < -0.4 is 9.88 Å². The molecule has 0 aliphatic heterocycles. The molecule has 0 unspecified atom stereocenters. The third kappa shape index (κ3) is 4.61. The number of hydrogen-bond donors (Lipinski definition) is 1. The number of benzene rings is 2. The van der Waals surface area contributed by atoms with Gasteiger partial charge in [0.1, 0.15) is 5.75 Å². The number of allylic oxidation sites excluding steroid dienone is 1. The first-order valence-corrected chi connectivity index (χ1v) is 10.5. The lowest BCUT2D eigenvalue weighted by atomic mass is 9.68. The van der Waals surface area contributed by atoms with Gasteiger partial charge in [0.25, 0.3) is 0 Å². The maximum atomic E-state index is 12.9. The second kappa shape index (κ2) is 8.16. The Kier molecular flexibility index (Phi) is 5.86. The van der Waals surface area contributed by atoms with E-state index >= 15 is 0 Å². The lowest BCUT2D eigenvalue weighted by Gasteiger charge is -2.36. The zero-order valence-corrected chi connectivity index (χ0v) is 16.4. The van der Waals surface area contributed by atoms with Gasteiger partial charge >= 0.3 is 16.3 Å². The van der Waals surface area contributed by atoms with Gasteiger partial charge in [-0.2, -0.15) is 13.6 Å². The fraction of sp³-hybridized carbons (Fsp3) is 0.286. The third-order valence-electron chi connectivity index (χ3n) is 5.12. The van der Waals surface area contributed by atoms with Gasteiger partial charge in [0, 0.05) is 0 Å². The molecular weight excluding hydrogens is 378 g/mol. The number of carbonyl (C=O) groups excluding carboxylic acids is 1. The van der Waals surface area contributed by atoms with Crippen molar-refractivity contribution in [1.29, 1.82) is 0 Å². The highest BCUT2D eigenvalue weighted by Crippen LogP contribution is 2.44. The SMILES string of the molecule is COc1cccc(C2(C(=O)OS(N)(=O)=O)CCC(=Cc3ccccc3)CC2)c1. The quantitative estimate of drug-likeness (QED) is 0.829. The Hall–Kier alpha value is -2.64. The van der Waals surface area contributed by atoms with Crippen molar-refractivity contribution < 1.29 is 22.1 Å². The Labute approximate surface area is 165 Å². The monoisotopic (exact) mass is 401 g/mol. The van der Waals surface area contributed by atoms with Crippen molar-refractivity contribution in [2.45, 2.75) is 31.1 Å². The van der Waals surface area contributed by atoms with E-state index in [9.17, 15) is 13.2 Å². The number of methoxy groups -OCH3 is 1. The topological polar surface area (TPSA) is 95.7 Å². The van der Waals surface area contributed by atoms with Crippen LogP contribution in [0.1, 0.15) is 36.8 Å². The third-order valence-corrected chi connectivity index (χ3v) is 5.50. The summed E-state index contributed by atoms with van der Waals surface area (Å²) in [7, 11) is -2.85. The van der Waals surface area contributed by atoms with Gasteiger partial charge in [-0.25, -0.2) is 4.79 Å². The number of carbonyl (C=O) groups is 1. The highest BCUT2D eigenvalue weighted by atomic mass is 32.2. The molecule has 1 fully saturated rings. The molecule has 0 saturated heterocycles. The largest absolute Gasteiger partial charge is 0.497 e. The number of nitrogens with two attached hydrogens (primary N) is 1. The molecule has 1 saturated carbocycles. The lowest BCUT2D eigenvalue weighted by Crippen LogP contribution is -2.41. The maximum Gasteiger partial charge on any atom is 0.382 e. The molecule has 3 rings (SSSR count).